The number of thiophene rings is 1. The minimum atomic E-state index is -0.498. The number of benzene rings is 2. The summed E-state index contributed by atoms with van der Waals surface area (Å²) in [4.78, 5) is 25.6. The molecule has 0 spiro atoms. The van der Waals surface area contributed by atoms with Crippen LogP contribution in [0.25, 0.3) is 11.1 Å². The van der Waals surface area contributed by atoms with Crippen molar-refractivity contribution in [3.8, 4) is 22.6 Å². The van der Waals surface area contributed by atoms with Crippen LogP contribution >= 0.6 is 23.1 Å². The normalized spacial score (nSPS) is 10.8. The summed E-state index contributed by atoms with van der Waals surface area (Å²) in [5.74, 6) is 1.42. The Morgan fingerprint density at radius 1 is 1.03 bits per heavy atom. The Bertz CT molecular complexity index is 1460. The van der Waals surface area contributed by atoms with Crippen LogP contribution in [0.1, 0.15) is 34.2 Å². The number of carbonyl (C=O) groups excluding carboxylic acids is 2. The molecule has 1 amide bonds. The molecular formula is C28H30N4O5S2. The average molecular weight is 567 g/mol. The van der Waals surface area contributed by atoms with Gasteiger partial charge in [0.05, 0.1) is 20.0 Å². The van der Waals surface area contributed by atoms with E-state index in [0.29, 0.717) is 33.8 Å². The lowest BCUT2D eigenvalue weighted by Gasteiger charge is -2.11. The smallest absolute Gasteiger partial charge is 0.341 e. The summed E-state index contributed by atoms with van der Waals surface area (Å²) >= 11 is 2.57. The Hall–Kier alpha value is -3.83. The molecule has 0 fully saturated rings. The van der Waals surface area contributed by atoms with Gasteiger partial charge in [-0.25, -0.2) is 4.79 Å². The van der Waals surface area contributed by atoms with E-state index in [-0.39, 0.29) is 18.3 Å². The largest absolute Gasteiger partial charge is 0.497 e. The highest BCUT2D eigenvalue weighted by molar-refractivity contribution is 7.99. The molecule has 2 aromatic heterocycles. The first-order valence-electron chi connectivity index (χ1n) is 12.2. The number of methoxy groups -OCH3 is 2. The van der Waals surface area contributed by atoms with E-state index in [1.54, 1.807) is 7.11 Å². The van der Waals surface area contributed by atoms with Crippen LogP contribution in [0, 0.1) is 13.8 Å². The predicted molar refractivity (Wildman–Crippen MR) is 153 cm³/mol. The molecule has 39 heavy (non-hydrogen) atoms. The van der Waals surface area contributed by atoms with Gasteiger partial charge in [-0.2, -0.15) is 0 Å². The summed E-state index contributed by atoms with van der Waals surface area (Å²) in [6, 6.07) is 13.4. The molecule has 2 heterocycles. The Kier molecular flexibility index (Phi) is 9.26. The summed E-state index contributed by atoms with van der Waals surface area (Å²) < 4.78 is 18.0. The zero-order valence-electron chi connectivity index (χ0n) is 22.4. The molecule has 0 aliphatic carbocycles. The van der Waals surface area contributed by atoms with Gasteiger partial charge < -0.3 is 24.1 Å². The molecule has 0 saturated heterocycles. The molecule has 9 nitrogen and oxygen atoms in total. The first-order valence-corrected chi connectivity index (χ1v) is 14.1. The van der Waals surface area contributed by atoms with Crippen molar-refractivity contribution in [3.63, 3.8) is 0 Å². The first kappa shape index (κ1) is 28.2. The third-order valence-electron chi connectivity index (χ3n) is 5.99. The summed E-state index contributed by atoms with van der Waals surface area (Å²) in [5, 5.41) is 14.3. The number of esters is 1. The molecule has 0 radical (unpaired) electrons. The van der Waals surface area contributed by atoms with Crippen molar-refractivity contribution in [2.24, 2.45) is 0 Å². The second kappa shape index (κ2) is 12.8. The van der Waals surface area contributed by atoms with Crippen molar-refractivity contribution in [2.75, 3.05) is 25.3 Å². The molecular weight excluding hydrogens is 536 g/mol. The van der Waals surface area contributed by atoms with Crippen LogP contribution < -0.4 is 14.8 Å². The molecule has 4 rings (SSSR count). The minimum Gasteiger partial charge on any atom is -0.497 e. The molecule has 204 valence electrons. The number of aromatic nitrogens is 3. The van der Waals surface area contributed by atoms with E-state index >= 15 is 0 Å². The van der Waals surface area contributed by atoms with Crippen molar-refractivity contribution >= 4 is 40.0 Å². The summed E-state index contributed by atoms with van der Waals surface area (Å²) in [6.45, 7) is 6.82. The van der Waals surface area contributed by atoms with Gasteiger partial charge in [0.15, 0.2) is 11.0 Å². The van der Waals surface area contributed by atoms with Crippen molar-refractivity contribution in [3.05, 3.63) is 70.4 Å². The van der Waals surface area contributed by atoms with Crippen molar-refractivity contribution in [2.45, 2.75) is 39.1 Å². The second-order valence-corrected chi connectivity index (χ2v) is 10.4. The third kappa shape index (κ3) is 6.61. The average Bonchev–Trinajstić information content (AvgIpc) is 3.55. The first-order chi connectivity index (χ1) is 18.8. The number of carbonyl (C=O) groups is 2. The van der Waals surface area contributed by atoms with E-state index in [0.717, 1.165) is 28.0 Å². The van der Waals surface area contributed by atoms with E-state index in [9.17, 15) is 9.59 Å². The van der Waals surface area contributed by atoms with Crippen LogP contribution in [0.5, 0.6) is 11.5 Å². The lowest BCUT2D eigenvalue weighted by atomic mass is 9.97. The van der Waals surface area contributed by atoms with Crippen LogP contribution in [0.15, 0.2) is 53.0 Å². The SMILES string of the molecule is CCn1c(COc2ccc(OC)cc2)nnc1SCC(=O)Nc1scc(-c2cc(C)ccc2C)c1C(=O)OC. The molecule has 1 N–H and O–H groups in total. The topological polar surface area (TPSA) is 105 Å². The maximum absolute atomic E-state index is 12.9. The number of amides is 1. The van der Waals surface area contributed by atoms with Crippen LogP contribution in [0.3, 0.4) is 0 Å². The van der Waals surface area contributed by atoms with E-state index < -0.39 is 5.97 Å². The van der Waals surface area contributed by atoms with Gasteiger partial charge in [-0.15, -0.1) is 21.5 Å². The summed E-state index contributed by atoms with van der Waals surface area (Å²) in [6.07, 6.45) is 0. The van der Waals surface area contributed by atoms with Gasteiger partial charge in [-0.1, -0.05) is 35.5 Å². The number of nitrogens with one attached hydrogen (secondary N) is 1. The van der Waals surface area contributed by atoms with E-state index in [2.05, 4.69) is 15.5 Å². The number of nitrogens with zero attached hydrogens (tertiary/aromatic N) is 3. The monoisotopic (exact) mass is 566 g/mol. The Morgan fingerprint density at radius 2 is 1.77 bits per heavy atom. The van der Waals surface area contributed by atoms with Gasteiger partial charge in [0.2, 0.25) is 5.91 Å². The van der Waals surface area contributed by atoms with Gasteiger partial charge in [0.25, 0.3) is 0 Å². The highest BCUT2D eigenvalue weighted by atomic mass is 32.2. The molecule has 4 aromatic rings. The number of ether oxygens (including phenoxy) is 3. The van der Waals surface area contributed by atoms with Gasteiger partial charge in [-0.3, -0.25) is 4.79 Å². The number of anilines is 1. The van der Waals surface area contributed by atoms with Crippen LogP contribution in [-0.2, 0) is 22.7 Å². The quantitative estimate of drug-likeness (QED) is 0.181. The maximum atomic E-state index is 12.9. The highest BCUT2D eigenvalue weighted by Crippen LogP contribution is 2.38. The van der Waals surface area contributed by atoms with Gasteiger partial charge in [0, 0.05) is 17.5 Å². The van der Waals surface area contributed by atoms with Crippen molar-refractivity contribution in [1.29, 1.82) is 0 Å². The highest BCUT2D eigenvalue weighted by Gasteiger charge is 2.24. The van der Waals surface area contributed by atoms with E-state index in [1.807, 2.05) is 73.2 Å². The second-order valence-electron chi connectivity index (χ2n) is 8.61. The van der Waals surface area contributed by atoms with Crippen LogP contribution in [0.2, 0.25) is 0 Å². The summed E-state index contributed by atoms with van der Waals surface area (Å²) in [5.41, 5.74) is 4.13. The third-order valence-corrected chi connectivity index (χ3v) is 7.85. The van der Waals surface area contributed by atoms with Gasteiger partial charge in [0.1, 0.15) is 28.7 Å². The minimum absolute atomic E-state index is 0.0921. The predicted octanol–water partition coefficient (Wildman–Crippen LogP) is 5.75. The zero-order chi connectivity index (χ0) is 27.9. The Balaban J connectivity index is 1.43. The summed E-state index contributed by atoms with van der Waals surface area (Å²) in [7, 11) is 2.95. The fourth-order valence-electron chi connectivity index (χ4n) is 3.94. The lowest BCUT2D eigenvalue weighted by molar-refractivity contribution is -0.113. The Morgan fingerprint density at radius 3 is 2.46 bits per heavy atom. The molecule has 0 saturated carbocycles. The Labute approximate surface area is 235 Å². The van der Waals surface area contributed by atoms with Crippen molar-refractivity contribution < 1.29 is 23.8 Å². The van der Waals surface area contributed by atoms with Crippen LogP contribution in [0.4, 0.5) is 5.00 Å². The number of hydrogen-bond donors (Lipinski definition) is 1. The molecule has 0 aliphatic heterocycles. The van der Waals surface area contributed by atoms with E-state index in [1.165, 1.54) is 30.2 Å². The number of aryl methyl sites for hydroxylation is 2. The molecule has 0 unspecified atom stereocenters. The lowest BCUT2D eigenvalue weighted by Crippen LogP contribution is -2.16. The van der Waals surface area contributed by atoms with Crippen molar-refractivity contribution in [1.82, 2.24) is 14.8 Å². The molecule has 0 aliphatic rings. The molecule has 2 aromatic carbocycles. The number of hydrogen-bond acceptors (Lipinski definition) is 9. The molecule has 0 atom stereocenters. The van der Waals surface area contributed by atoms with Gasteiger partial charge in [-0.05, 0) is 56.2 Å². The molecule has 11 heteroatoms. The van der Waals surface area contributed by atoms with Crippen LogP contribution in [-0.4, -0.2) is 46.6 Å². The standard InChI is InChI=1S/C28H30N4O5S2/c1-6-32-23(14-37-20-11-9-19(35-4)10-12-20)30-31-28(32)39-16-24(33)29-26-25(27(34)36-5)22(15-38-26)21-13-17(2)7-8-18(21)3/h7-13,15H,6,14,16H2,1-5H3,(H,29,33). The number of rotatable bonds is 11. The number of thioether (sulfide) groups is 1. The maximum Gasteiger partial charge on any atom is 0.341 e. The fraction of sp³-hybridized carbons (Fsp3) is 0.286. The van der Waals surface area contributed by atoms with Gasteiger partial charge >= 0.3 is 5.97 Å². The zero-order valence-corrected chi connectivity index (χ0v) is 24.1. The van der Waals surface area contributed by atoms with E-state index in [4.69, 9.17) is 14.2 Å². The fourth-order valence-corrected chi connectivity index (χ4v) is 5.73. The molecule has 0 bridgehead atoms.